The van der Waals surface area contributed by atoms with Gasteiger partial charge in [0.1, 0.15) is 0 Å². The van der Waals surface area contributed by atoms with Gasteiger partial charge in [-0.1, -0.05) is 12.1 Å². The number of ether oxygens (including phenoxy) is 1. The molecule has 0 saturated carbocycles. The summed E-state index contributed by atoms with van der Waals surface area (Å²) in [6.07, 6.45) is 0.847. The van der Waals surface area contributed by atoms with Crippen LogP contribution in [0.5, 0.6) is 0 Å². The number of carboxylic acid groups (broad SMARTS) is 1. The third kappa shape index (κ3) is 2.91. The molecule has 6 heteroatoms. The molecule has 2 rings (SSSR count). The quantitative estimate of drug-likeness (QED) is 0.885. The van der Waals surface area contributed by atoms with Crippen LogP contribution in [0.25, 0.3) is 0 Å². The summed E-state index contributed by atoms with van der Waals surface area (Å²) in [5.74, 6) is -1.06. The average molecular weight is 278 g/mol. The third-order valence-electron chi connectivity index (χ3n) is 3.50. The first-order valence-electron chi connectivity index (χ1n) is 6.44. The van der Waals surface area contributed by atoms with Gasteiger partial charge in [0.05, 0.1) is 17.4 Å². The summed E-state index contributed by atoms with van der Waals surface area (Å²) in [7, 11) is 1.62. The highest BCUT2D eigenvalue weighted by Crippen LogP contribution is 2.22. The minimum atomic E-state index is -1.06. The number of nitrogens with one attached hydrogen (secondary N) is 1. The molecule has 1 unspecified atom stereocenters. The van der Waals surface area contributed by atoms with E-state index in [9.17, 15) is 9.59 Å². The second-order valence-electron chi connectivity index (χ2n) is 4.83. The molecule has 0 bridgehead atoms. The number of para-hydroxylation sites is 1. The fourth-order valence-electron chi connectivity index (χ4n) is 2.30. The number of carboxylic acids is 1. The fraction of sp³-hybridized carbons (Fsp3) is 0.429. The van der Waals surface area contributed by atoms with E-state index in [0.29, 0.717) is 18.8 Å². The van der Waals surface area contributed by atoms with Crippen molar-refractivity contribution in [2.45, 2.75) is 19.4 Å². The lowest BCUT2D eigenvalue weighted by molar-refractivity contribution is 0.0698. The van der Waals surface area contributed by atoms with Crippen molar-refractivity contribution in [2.24, 2.45) is 0 Å². The number of rotatable bonds is 3. The Morgan fingerprint density at radius 1 is 1.45 bits per heavy atom. The smallest absolute Gasteiger partial charge is 0.337 e. The van der Waals surface area contributed by atoms with Crippen molar-refractivity contribution in [1.82, 2.24) is 4.90 Å². The molecule has 2 N–H and O–H groups in total. The van der Waals surface area contributed by atoms with E-state index in [-0.39, 0.29) is 17.7 Å². The van der Waals surface area contributed by atoms with Crippen LogP contribution in [-0.4, -0.2) is 48.3 Å². The summed E-state index contributed by atoms with van der Waals surface area (Å²) in [6, 6.07) is 4.61. The second-order valence-corrected chi connectivity index (χ2v) is 4.83. The Hall–Kier alpha value is -2.08. The first-order valence-corrected chi connectivity index (χ1v) is 6.44. The van der Waals surface area contributed by atoms with Crippen LogP contribution in [0, 0.1) is 6.92 Å². The van der Waals surface area contributed by atoms with Gasteiger partial charge in [-0.25, -0.2) is 9.59 Å². The number of benzene rings is 1. The van der Waals surface area contributed by atoms with Crippen molar-refractivity contribution < 1.29 is 19.4 Å². The molecule has 2 amide bonds. The number of hydrogen-bond acceptors (Lipinski definition) is 3. The van der Waals surface area contributed by atoms with Crippen molar-refractivity contribution in [3.63, 3.8) is 0 Å². The van der Waals surface area contributed by atoms with Gasteiger partial charge in [-0.2, -0.15) is 0 Å². The van der Waals surface area contributed by atoms with Gasteiger partial charge in [0.25, 0.3) is 0 Å². The molecule has 0 aliphatic carbocycles. The summed E-state index contributed by atoms with van der Waals surface area (Å²) in [6.45, 7) is 2.90. The highest BCUT2D eigenvalue weighted by atomic mass is 16.5. The number of methoxy groups -OCH3 is 1. The summed E-state index contributed by atoms with van der Waals surface area (Å²) in [5.41, 5.74) is 1.17. The van der Waals surface area contributed by atoms with Crippen LogP contribution in [-0.2, 0) is 4.74 Å². The molecule has 1 aromatic rings. The van der Waals surface area contributed by atoms with Crippen LogP contribution in [0.3, 0.4) is 0 Å². The number of aryl methyl sites for hydroxylation is 1. The predicted octanol–water partition coefficient (Wildman–Crippen LogP) is 1.95. The normalized spacial score (nSPS) is 18.1. The van der Waals surface area contributed by atoms with Gasteiger partial charge in [0.2, 0.25) is 0 Å². The number of urea groups is 1. The van der Waals surface area contributed by atoms with E-state index in [1.54, 1.807) is 31.1 Å². The highest BCUT2D eigenvalue weighted by Gasteiger charge is 2.27. The minimum Gasteiger partial charge on any atom is -0.478 e. The molecule has 6 nitrogen and oxygen atoms in total. The molecule has 1 aromatic carbocycles. The van der Waals surface area contributed by atoms with E-state index in [0.717, 1.165) is 12.0 Å². The number of carbonyl (C=O) groups excluding carboxylic acids is 1. The zero-order valence-electron chi connectivity index (χ0n) is 11.5. The molecule has 1 aliphatic heterocycles. The number of nitrogens with zero attached hydrogens (tertiary/aromatic N) is 1. The molecule has 0 spiro atoms. The zero-order chi connectivity index (χ0) is 14.7. The van der Waals surface area contributed by atoms with E-state index < -0.39 is 5.97 Å². The lowest BCUT2D eigenvalue weighted by Gasteiger charge is -2.19. The van der Waals surface area contributed by atoms with Gasteiger partial charge >= 0.3 is 12.0 Å². The number of anilines is 1. The Bertz CT molecular complexity index is 530. The maximum atomic E-state index is 12.2. The van der Waals surface area contributed by atoms with Crippen LogP contribution in [0.15, 0.2) is 18.2 Å². The number of amides is 2. The molecule has 1 fully saturated rings. The Balaban J connectivity index is 2.14. The molecule has 1 atom stereocenters. The minimum absolute atomic E-state index is 0.0524. The largest absolute Gasteiger partial charge is 0.478 e. The van der Waals surface area contributed by atoms with Crippen LogP contribution >= 0.6 is 0 Å². The van der Waals surface area contributed by atoms with Crippen molar-refractivity contribution >= 4 is 17.7 Å². The molecule has 108 valence electrons. The van der Waals surface area contributed by atoms with E-state index in [1.165, 1.54) is 6.07 Å². The molecular formula is C14H18N2O4. The maximum absolute atomic E-state index is 12.2. The number of carbonyl (C=O) groups is 2. The van der Waals surface area contributed by atoms with E-state index >= 15 is 0 Å². The lowest BCUT2D eigenvalue weighted by Crippen LogP contribution is -2.34. The Kier molecular flexibility index (Phi) is 4.24. The van der Waals surface area contributed by atoms with Gasteiger partial charge < -0.3 is 20.1 Å². The summed E-state index contributed by atoms with van der Waals surface area (Å²) < 4.78 is 5.21. The number of aromatic carboxylic acids is 1. The molecule has 20 heavy (non-hydrogen) atoms. The predicted molar refractivity (Wildman–Crippen MR) is 74.1 cm³/mol. The number of likely N-dealkylation sites (tertiary alicyclic amines) is 1. The lowest BCUT2D eigenvalue weighted by atomic mass is 10.1. The third-order valence-corrected chi connectivity index (χ3v) is 3.50. The SMILES string of the molecule is COC1CCN(C(=O)Nc2c(C)cccc2C(=O)O)C1. The molecule has 0 aromatic heterocycles. The van der Waals surface area contributed by atoms with Crippen LogP contribution in [0.1, 0.15) is 22.3 Å². The van der Waals surface area contributed by atoms with Crippen LogP contribution < -0.4 is 5.32 Å². The first-order chi connectivity index (χ1) is 9.52. The van der Waals surface area contributed by atoms with Crippen LogP contribution in [0.4, 0.5) is 10.5 Å². The summed E-state index contributed by atoms with van der Waals surface area (Å²) in [4.78, 5) is 25.0. The molecule has 1 heterocycles. The van der Waals surface area contributed by atoms with Crippen molar-refractivity contribution in [3.05, 3.63) is 29.3 Å². The fourth-order valence-corrected chi connectivity index (χ4v) is 2.30. The molecule has 1 saturated heterocycles. The van der Waals surface area contributed by atoms with E-state index in [1.807, 2.05) is 0 Å². The standard InChI is InChI=1S/C14H18N2O4/c1-9-4-3-5-11(13(17)18)12(9)15-14(19)16-7-6-10(8-16)20-2/h3-5,10H,6-8H2,1-2H3,(H,15,19)(H,17,18). The van der Waals surface area contributed by atoms with Gasteiger partial charge in [0.15, 0.2) is 0 Å². The summed E-state index contributed by atoms with van der Waals surface area (Å²) in [5, 5.41) is 11.9. The Morgan fingerprint density at radius 3 is 2.80 bits per heavy atom. The summed E-state index contributed by atoms with van der Waals surface area (Å²) >= 11 is 0. The average Bonchev–Trinajstić information content (AvgIpc) is 2.89. The van der Waals surface area contributed by atoms with Gasteiger partial charge in [-0.15, -0.1) is 0 Å². The van der Waals surface area contributed by atoms with Gasteiger partial charge in [-0.3, -0.25) is 0 Å². The first kappa shape index (κ1) is 14.3. The zero-order valence-corrected chi connectivity index (χ0v) is 11.5. The molecular weight excluding hydrogens is 260 g/mol. The second kappa shape index (κ2) is 5.92. The van der Waals surface area contributed by atoms with Crippen molar-refractivity contribution in [1.29, 1.82) is 0 Å². The topological polar surface area (TPSA) is 78.9 Å². The Morgan fingerprint density at radius 2 is 2.20 bits per heavy atom. The monoisotopic (exact) mass is 278 g/mol. The number of hydrogen-bond donors (Lipinski definition) is 2. The van der Waals surface area contributed by atoms with Crippen molar-refractivity contribution in [2.75, 3.05) is 25.5 Å². The van der Waals surface area contributed by atoms with Gasteiger partial charge in [0, 0.05) is 20.2 Å². The highest BCUT2D eigenvalue weighted by molar-refractivity contribution is 6.01. The van der Waals surface area contributed by atoms with Crippen LogP contribution in [0.2, 0.25) is 0 Å². The van der Waals surface area contributed by atoms with Crippen molar-refractivity contribution in [3.8, 4) is 0 Å². The van der Waals surface area contributed by atoms with E-state index in [2.05, 4.69) is 5.32 Å². The van der Waals surface area contributed by atoms with E-state index in [4.69, 9.17) is 9.84 Å². The van der Waals surface area contributed by atoms with Gasteiger partial charge in [-0.05, 0) is 25.0 Å². The maximum Gasteiger partial charge on any atom is 0.337 e. The molecule has 1 aliphatic rings. The Labute approximate surface area is 117 Å². The molecule has 0 radical (unpaired) electrons.